The van der Waals surface area contributed by atoms with Crippen molar-refractivity contribution in [2.24, 2.45) is 0 Å². The van der Waals surface area contributed by atoms with Gasteiger partial charge in [-0.1, -0.05) is 40.5 Å². The van der Waals surface area contributed by atoms with Gasteiger partial charge in [-0.05, 0) is 30.3 Å². The molecule has 0 aliphatic rings. The summed E-state index contributed by atoms with van der Waals surface area (Å²) in [5.41, 5.74) is 1.72. The van der Waals surface area contributed by atoms with E-state index in [4.69, 9.17) is 23.2 Å². The minimum Gasteiger partial charge on any atom is -0.267 e. The lowest BCUT2D eigenvalue weighted by molar-refractivity contribution is 0.0948. The number of carbonyl (C=O) groups excluding carboxylic acids is 1. The lowest BCUT2D eigenvalue weighted by Gasteiger charge is -2.02. The van der Waals surface area contributed by atoms with Crippen molar-refractivity contribution in [1.82, 2.24) is 15.0 Å². The van der Waals surface area contributed by atoms with Crippen LogP contribution < -0.4 is 0 Å². The maximum absolute atomic E-state index is 12.3. The summed E-state index contributed by atoms with van der Waals surface area (Å²) in [6.07, 6.45) is 0. The molecule has 0 spiro atoms. The first-order valence-corrected chi connectivity index (χ1v) is 6.22. The molecule has 0 aliphatic heterocycles. The number of hydrogen-bond donors (Lipinski definition) is 0. The van der Waals surface area contributed by atoms with E-state index in [1.807, 2.05) is 12.1 Å². The predicted molar refractivity (Wildman–Crippen MR) is 73.7 cm³/mol. The van der Waals surface area contributed by atoms with Gasteiger partial charge >= 0.3 is 0 Å². The van der Waals surface area contributed by atoms with Crippen molar-refractivity contribution in [2.45, 2.75) is 0 Å². The highest BCUT2D eigenvalue weighted by atomic mass is 35.5. The zero-order valence-corrected chi connectivity index (χ0v) is 11.1. The highest BCUT2D eigenvalue weighted by Crippen LogP contribution is 2.23. The molecule has 0 bridgehead atoms. The van der Waals surface area contributed by atoms with Crippen LogP contribution in [0.4, 0.5) is 0 Å². The zero-order valence-electron chi connectivity index (χ0n) is 9.55. The average molecular weight is 292 g/mol. The minimum atomic E-state index is -0.299. The molecule has 19 heavy (non-hydrogen) atoms. The van der Waals surface area contributed by atoms with Gasteiger partial charge in [0, 0.05) is 5.56 Å². The topological polar surface area (TPSA) is 47.8 Å². The molecule has 2 aromatic carbocycles. The molecule has 4 nitrogen and oxygen atoms in total. The van der Waals surface area contributed by atoms with Crippen LogP contribution in [0.1, 0.15) is 10.4 Å². The van der Waals surface area contributed by atoms with E-state index in [1.54, 1.807) is 24.3 Å². The molecule has 3 rings (SSSR count). The van der Waals surface area contributed by atoms with Crippen LogP contribution in [0.5, 0.6) is 0 Å². The molecule has 94 valence electrons. The van der Waals surface area contributed by atoms with Crippen LogP contribution in [0.2, 0.25) is 10.0 Å². The monoisotopic (exact) mass is 291 g/mol. The summed E-state index contributed by atoms with van der Waals surface area (Å²) >= 11 is 11.7. The number of hydrogen-bond acceptors (Lipinski definition) is 3. The highest BCUT2D eigenvalue weighted by molar-refractivity contribution is 6.42. The van der Waals surface area contributed by atoms with E-state index in [-0.39, 0.29) is 5.91 Å². The summed E-state index contributed by atoms with van der Waals surface area (Å²) in [4.78, 5) is 12.3. The first-order valence-electron chi connectivity index (χ1n) is 5.47. The zero-order chi connectivity index (χ0) is 13.4. The van der Waals surface area contributed by atoms with E-state index in [1.165, 1.54) is 10.7 Å². The van der Waals surface area contributed by atoms with Crippen molar-refractivity contribution in [3.8, 4) is 0 Å². The molecule has 1 aromatic heterocycles. The van der Waals surface area contributed by atoms with E-state index in [0.717, 1.165) is 0 Å². The number of fused-ring (bicyclic) bond motifs is 1. The van der Waals surface area contributed by atoms with Crippen LogP contribution in [0, 0.1) is 0 Å². The molecule has 1 heterocycles. The summed E-state index contributed by atoms with van der Waals surface area (Å²) in [7, 11) is 0. The van der Waals surface area contributed by atoms with Crippen molar-refractivity contribution < 1.29 is 4.79 Å². The van der Waals surface area contributed by atoms with E-state index < -0.39 is 0 Å². The molecular weight excluding hydrogens is 285 g/mol. The van der Waals surface area contributed by atoms with Crippen molar-refractivity contribution in [3.63, 3.8) is 0 Å². The Morgan fingerprint density at radius 1 is 1.05 bits per heavy atom. The van der Waals surface area contributed by atoms with Crippen LogP contribution in [0.15, 0.2) is 42.5 Å². The first kappa shape index (κ1) is 12.1. The smallest absolute Gasteiger partial charge is 0.267 e. The Labute approximate surface area is 118 Å². The summed E-state index contributed by atoms with van der Waals surface area (Å²) in [6.45, 7) is 0. The summed E-state index contributed by atoms with van der Waals surface area (Å²) in [5, 5.41) is 8.54. The van der Waals surface area contributed by atoms with Gasteiger partial charge in [0.2, 0.25) is 0 Å². The fraction of sp³-hybridized carbons (Fsp3) is 0. The third-order valence-electron chi connectivity index (χ3n) is 2.71. The molecule has 0 amide bonds. The van der Waals surface area contributed by atoms with Crippen LogP contribution in [0.25, 0.3) is 11.0 Å². The van der Waals surface area contributed by atoms with Crippen molar-refractivity contribution in [3.05, 3.63) is 58.1 Å². The molecule has 0 radical (unpaired) electrons. The maximum Gasteiger partial charge on any atom is 0.280 e. The van der Waals surface area contributed by atoms with Gasteiger partial charge in [-0.25, -0.2) is 0 Å². The van der Waals surface area contributed by atoms with Gasteiger partial charge in [-0.2, -0.15) is 4.68 Å². The number of aromatic nitrogens is 3. The molecule has 0 atom stereocenters. The molecule has 0 aliphatic carbocycles. The largest absolute Gasteiger partial charge is 0.280 e. The average Bonchev–Trinajstić information content (AvgIpc) is 2.85. The molecule has 0 saturated heterocycles. The second-order valence-corrected chi connectivity index (χ2v) is 4.74. The summed E-state index contributed by atoms with van der Waals surface area (Å²) in [6, 6.07) is 11.9. The molecule has 0 unspecified atom stereocenters. The fourth-order valence-corrected chi connectivity index (χ4v) is 2.07. The Morgan fingerprint density at radius 3 is 2.63 bits per heavy atom. The van der Waals surface area contributed by atoms with Gasteiger partial charge in [0.05, 0.1) is 15.6 Å². The van der Waals surface area contributed by atoms with Gasteiger partial charge in [0.1, 0.15) is 5.52 Å². The van der Waals surface area contributed by atoms with E-state index in [9.17, 15) is 4.79 Å². The third kappa shape index (κ3) is 2.09. The molecule has 0 fully saturated rings. The molecule has 0 N–H and O–H groups in total. The van der Waals surface area contributed by atoms with Gasteiger partial charge in [0.25, 0.3) is 5.91 Å². The first-order chi connectivity index (χ1) is 9.16. The van der Waals surface area contributed by atoms with Crippen molar-refractivity contribution in [1.29, 1.82) is 0 Å². The second kappa shape index (κ2) is 4.64. The number of nitrogens with zero attached hydrogens (tertiary/aromatic N) is 3. The number of carbonyl (C=O) groups is 1. The normalized spacial score (nSPS) is 10.8. The Hall–Kier alpha value is -1.91. The standard InChI is InChI=1S/C13H7Cl2N3O/c14-9-6-5-8(7-10(9)15)13(19)18-12-4-2-1-3-11(12)16-17-18/h1-7H. The Morgan fingerprint density at radius 2 is 1.84 bits per heavy atom. The lowest BCUT2D eigenvalue weighted by Crippen LogP contribution is -2.13. The molecule has 0 saturated carbocycles. The maximum atomic E-state index is 12.3. The van der Waals surface area contributed by atoms with Crippen LogP contribution >= 0.6 is 23.2 Å². The van der Waals surface area contributed by atoms with Crippen LogP contribution in [0.3, 0.4) is 0 Å². The molecule has 6 heteroatoms. The Balaban J connectivity index is 2.11. The van der Waals surface area contributed by atoms with Crippen LogP contribution in [-0.2, 0) is 0 Å². The van der Waals surface area contributed by atoms with Gasteiger partial charge < -0.3 is 0 Å². The number of benzene rings is 2. The predicted octanol–water partition coefficient (Wildman–Crippen LogP) is 3.43. The minimum absolute atomic E-state index is 0.299. The molecular formula is C13H7Cl2N3O. The quantitative estimate of drug-likeness (QED) is 0.690. The number of para-hydroxylation sites is 1. The highest BCUT2D eigenvalue weighted by Gasteiger charge is 2.14. The van der Waals surface area contributed by atoms with Crippen molar-refractivity contribution >= 4 is 40.1 Å². The van der Waals surface area contributed by atoms with Gasteiger partial charge in [-0.3, -0.25) is 4.79 Å². The Kier molecular flexibility index (Phi) is 2.97. The molecule has 3 aromatic rings. The van der Waals surface area contributed by atoms with Gasteiger partial charge in [0.15, 0.2) is 0 Å². The van der Waals surface area contributed by atoms with Crippen LogP contribution in [-0.4, -0.2) is 20.9 Å². The van der Waals surface area contributed by atoms with E-state index in [0.29, 0.717) is 26.6 Å². The third-order valence-corrected chi connectivity index (χ3v) is 3.45. The SMILES string of the molecule is O=C(c1ccc(Cl)c(Cl)c1)n1nnc2ccccc21. The number of rotatable bonds is 1. The Bertz CT molecular complexity index is 782. The second-order valence-electron chi connectivity index (χ2n) is 3.92. The fourth-order valence-electron chi connectivity index (χ4n) is 1.77. The summed E-state index contributed by atoms with van der Waals surface area (Å²) < 4.78 is 1.24. The number of halogens is 2. The van der Waals surface area contributed by atoms with E-state index >= 15 is 0 Å². The van der Waals surface area contributed by atoms with E-state index in [2.05, 4.69) is 10.3 Å². The lowest BCUT2D eigenvalue weighted by atomic mass is 10.2. The van der Waals surface area contributed by atoms with Gasteiger partial charge in [-0.15, -0.1) is 5.10 Å². The van der Waals surface area contributed by atoms with Crippen molar-refractivity contribution in [2.75, 3.05) is 0 Å². The summed E-state index contributed by atoms with van der Waals surface area (Å²) in [5.74, 6) is -0.299.